The van der Waals surface area contributed by atoms with E-state index in [-0.39, 0.29) is 29.4 Å². The van der Waals surface area contributed by atoms with Crippen LogP contribution in [0.1, 0.15) is 38.2 Å². The molecule has 0 atom stereocenters. The Hall–Kier alpha value is -1.02. The van der Waals surface area contributed by atoms with E-state index in [1.807, 2.05) is 0 Å². The van der Waals surface area contributed by atoms with Gasteiger partial charge in [0, 0.05) is 38.3 Å². The molecule has 2 saturated heterocycles. The summed E-state index contributed by atoms with van der Waals surface area (Å²) in [7, 11) is 1.71. The fourth-order valence-electron chi connectivity index (χ4n) is 3.83. The number of benzene rings is 1. The van der Waals surface area contributed by atoms with Crippen molar-refractivity contribution in [3.05, 3.63) is 29.8 Å². The van der Waals surface area contributed by atoms with Crippen molar-refractivity contribution in [1.29, 1.82) is 0 Å². The SMILES string of the molecule is CCNC(=NCC1(c2ccc(OC)cc2)CCOCC1)N1CCCC1.I. The lowest BCUT2D eigenvalue weighted by Crippen LogP contribution is -2.42. The molecule has 0 amide bonds. The molecule has 0 spiro atoms. The summed E-state index contributed by atoms with van der Waals surface area (Å²) in [5, 5.41) is 3.48. The van der Waals surface area contributed by atoms with E-state index in [2.05, 4.69) is 41.4 Å². The molecule has 0 aliphatic carbocycles. The average Bonchev–Trinajstić information content (AvgIpc) is 3.20. The monoisotopic (exact) mass is 473 g/mol. The Bertz CT molecular complexity index is 565. The van der Waals surface area contributed by atoms with Gasteiger partial charge in [0.15, 0.2) is 5.96 Å². The molecule has 2 heterocycles. The molecular weight excluding hydrogens is 441 g/mol. The maximum atomic E-state index is 5.65. The molecule has 5 nitrogen and oxygen atoms in total. The van der Waals surface area contributed by atoms with Crippen molar-refractivity contribution in [2.24, 2.45) is 4.99 Å². The van der Waals surface area contributed by atoms with Crippen LogP contribution in [0, 0.1) is 0 Å². The van der Waals surface area contributed by atoms with Crippen molar-refractivity contribution in [3.63, 3.8) is 0 Å². The topological polar surface area (TPSA) is 46.1 Å². The maximum Gasteiger partial charge on any atom is 0.193 e. The van der Waals surface area contributed by atoms with E-state index in [1.165, 1.54) is 18.4 Å². The van der Waals surface area contributed by atoms with Crippen LogP contribution in [-0.2, 0) is 10.2 Å². The molecule has 2 aliphatic rings. The lowest BCUT2D eigenvalue weighted by molar-refractivity contribution is 0.0530. The molecule has 1 aromatic rings. The number of hydrogen-bond donors (Lipinski definition) is 1. The first-order valence-electron chi connectivity index (χ1n) is 9.53. The normalized spacial score (nSPS) is 19.8. The first-order chi connectivity index (χ1) is 12.3. The Morgan fingerprint density at radius 1 is 1.19 bits per heavy atom. The Labute approximate surface area is 174 Å². The second-order valence-electron chi connectivity index (χ2n) is 6.99. The lowest BCUT2D eigenvalue weighted by Gasteiger charge is -2.37. The molecule has 0 radical (unpaired) electrons. The van der Waals surface area contributed by atoms with E-state index < -0.39 is 0 Å². The predicted molar refractivity (Wildman–Crippen MR) is 117 cm³/mol. The minimum absolute atomic E-state index is 0. The highest BCUT2D eigenvalue weighted by Crippen LogP contribution is 2.36. The molecule has 0 saturated carbocycles. The number of nitrogens with one attached hydrogen (secondary N) is 1. The van der Waals surface area contributed by atoms with E-state index in [9.17, 15) is 0 Å². The van der Waals surface area contributed by atoms with Gasteiger partial charge in [-0.3, -0.25) is 4.99 Å². The van der Waals surface area contributed by atoms with Crippen molar-refractivity contribution < 1.29 is 9.47 Å². The number of guanidine groups is 1. The summed E-state index contributed by atoms with van der Waals surface area (Å²) in [6.45, 7) is 7.70. The Morgan fingerprint density at radius 2 is 1.85 bits per heavy atom. The summed E-state index contributed by atoms with van der Waals surface area (Å²) in [5.41, 5.74) is 1.41. The molecule has 0 aromatic heterocycles. The van der Waals surface area contributed by atoms with Gasteiger partial charge in [-0.2, -0.15) is 0 Å². The number of methoxy groups -OCH3 is 1. The number of hydrogen-bond acceptors (Lipinski definition) is 3. The van der Waals surface area contributed by atoms with Gasteiger partial charge in [-0.25, -0.2) is 0 Å². The van der Waals surface area contributed by atoms with E-state index in [0.29, 0.717) is 0 Å². The van der Waals surface area contributed by atoms with E-state index >= 15 is 0 Å². The van der Waals surface area contributed by atoms with Crippen LogP contribution in [0.15, 0.2) is 29.3 Å². The van der Waals surface area contributed by atoms with Crippen LogP contribution >= 0.6 is 24.0 Å². The number of halogens is 1. The zero-order chi connectivity index (χ0) is 17.5. The van der Waals surface area contributed by atoms with Gasteiger partial charge >= 0.3 is 0 Å². The van der Waals surface area contributed by atoms with Crippen molar-refractivity contribution in [2.75, 3.05) is 46.5 Å². The molecule has 0 unspecified atom stereocenters. The number of aliphatic imine (C=N–C) groups is 1. The highest BCUT2D eigenvalue weighted by atomic mass is 127. The van der Waals surface area contributed by atoms with Gasteiger partial charge in [0.1, 0.15) is 5.75 Å². The summed E-state index contributed by atoms with van der Waals surface area (Å²) in [4.78, 5) is 7.45. The molecule has 0 bridgehead atoms. The molecule has 1 aromatic carbocycles. The molecular formula is C20H32IN3O2. The summed E-state index contributed by atoms with van der Waals surface area (Å²) in [6.07, 6.45) is 4.56. The number of rotatable bonds is 5. The third-order valence-corrected chi connectivity index (χ3v) is 5.42. The van der Waals surface area contributed by atoms with Crippen LogP contribution in [0.5, 0.6) is 5.75 Å². The summed E-state index contributed by atoms with van der Waals surface area (Å²) in [6, 6.07) is 8.51. The molecule has 2 aliphatic heterocycles. The molecule has 2 fully saturated rings. The first-order valence-corrected chi connectivity index (χ1v) is 9.53. The van der Waals surface area contributed by atoms with Crippen LogP contribution < -0.4 is 10.1 Å². The van der Waals surface area contributed by atoms with Crippen LogP contribution in [0.2, 0.25) is 0 Å². The highest BCUT2D eigenvalue weighted by molar-refractivity contribution is 14.0. The van der Waals surface area contributed by atoms with E-state index in [4.69, 9.17) is 14.5 Å². The quantitative estimate of drug-likeness (QED) is 0.405. The van der Waals surface area contributed by atoms with Crippen LogP contribution in [0.4, 0.5) is 0 Å². The van der Waals surface area contributed by atoms with Gasteiger partial charge < -0.3 is 19.7 Å². The first kappa shape index (κ1) is 21.3. The molecule has 26 heavy (non-hydrogen) atoms. The van der Waals surface area contributed by atoms with Crippen molar-refractivity contribution in [3.8, 4) is 5.75 Å². The zero-order valence-corrected chi connectivity index (χ0v) is 18.3. The van der Waals surface area contributed by atoms with Crippen LogP contribution in [-0.4, -0.2) is 57.4 Å². The lowest BCUT2D eigenvalue weighted by atomic mass is 9.74. The molecule has 146 valence electrons. The van der Waals surface area contributed by atoms with Gasteiger partial charge in [-0.1, -0.05) is 12.1 Å². The fraction of sp³-hybridized carbons (Fsp3) is 0.650. The van der Waals surface area contributed by atoms with Crippen molar-refractivity contribution >= 4 is 29.9 Å². The Morgan fingerprint density at radius 3 is 2.42 bits per heavy atom. The van der Waals surface area contributed by atoms with Gasteiger partial charge in [0.2, 0.25) is 0 Å². The molecule has 3 rings (SSSR count). The smallest absolute Gasteiger partial charge is 0.193 e. The Balaban J connectivity index is 0.00000243. The third kappa shape index (κ3) is 5.03. The minimum atomic E-state index is 0. The number of nitrogens with zero attached hydrogens (tertiary/aromatic N) is 2. The second kappa shape index (κ2) is 10.3. The fourth-order valence-corrected chi connectivity index (χ4v) is 3.83. The van der Waals surface area contributed by atoms with E-state index in [0.717, 1.165) is 63.9 Å². The van der Waals surface area contributed by atoms with Crippen LogP contribution in [0.3, 0.4) is 0 Å². The predicted octanol–water partition coefficient (Wildman–Crippen LogP) is 3.42. The zero-order valence-electron chi connectivity index (χ0n) is 16.0. The van der Waals surface area contributed by atoms with Gasteiger partial charge in [0.25, 0.3) is 0 Å². The summed E-state index contributed by atoms with van der Waals surface area (Å²) < 4.78 is 11.0. The molecule has 6 heteroatoms. The van der Waals surface area contributed by atoms with Crippen molar-refractivity contribution in [2.45, 2.75) is 38.0 Å². The number of likely N-dealkylation sites (tertiary alicyclic amines) is 1. The Kier molecular flexibility index (Phi) is 8.47. The van der Waals surface area contributed by atoms with Gasteiger partial charge in [0.05, 0.1) is 13.7 Å². The van der Waals surface area contributed by atoms with Crippen LogP contribution in [0.25, 0.3) is 0 Å². The second-order valence-corrected chi connectivity index (χ2v) is 6.99. The van der Waals surface area contributed by atoms with Crippen molar-refractivity contribution in [1.82, 2.24) is 10.2 Å². The third-order valence-electron chi connectivity index (χ3n) is 5.42. The minimum Gasteiger partial charge on any atom is -0.497 e. The van der Waals surface area contributed by atoms with Gasteiger partial charge in [-0.15, -0.1) is 24.0 Å². The van der Waals surface area contributed by atoms with E-state index in [1.54, 1.807) is 7.11 Å². The maximum absolute atomic E-state index is 5.65. The molecule has 1 N–H and O–H groups in total. The highest BCUT2D eigenvalue weighted by Gasteiger charge is 2.34. The summed E-state index contributed by atoms with van der Waals surface area (Å²) >= 11 is 0. The summed E-state index contributed by atoms with van der Waals surface area (Å²) in [5.74, 6) is 1.97. The largest absolute Gasteiger partial charge is 0.497 e. The van der Waals surface area contributed by atoms with Gasteiger partial charge in [-0.05, 0) is 50.3 Å². The number of ether oxygens (including phenoxy) is 2. The average molecular weight is 473 g/mol. The standard InChI is InChI=1S/C20H31N3O2.HI/c1-3-21-19(23-12-4-5-13-23)22-16-20(10-14-25-15-11-20)17-6-8-18(24-2)9-7-17;/h6-9H,3-5,10-16H2,1-2H3,(H,21,22);1H.